The number of rotatable bonds is 4. The van der Waals surface area contributed by atoms with Gasteiger partial charge >= 0.3 is 5.97 Å². The van der Waals surface area contributed by atoms with Gasteiger partial charge in [-0.25, -0.2) is 4.79 Å². The zero-order valence-electron chi connectivity index (χ0n) is 8.28. The Morgan fingerprint density at radius 1 is 1.67 bits per heavy atom. The lowest BCUT2D eigenvalue weighted by atomic mass is 10.2. The number of ether oxygens (including phenoxy) is 1. The predicted molar refractivity (Wildman–Crippen MR) is 57.3 cm³/mol. The smallest absolute Gasteiger partial charge is 0.335 e. The molecule has 0 radical (unpaired) electrons. The van der Waals surface area contributed by atoms with Gasteiger partial charge in [-0.15, -0.1) is 6.42 Å². The Balaban J connectivity index is 2.99. The summed E-state index contributed by atoms with van der Waals surface area (Å²) in [5, 5.41) is 11.7. The minimum absolute atomic E-state index is 0.179. The van der Waals surface area contributed by atoms with E-state index in [0.717, 1.165) is 0 Å². The lowest BCUT2D eigenvalue weighted by Crippen LogP contribution is -2.03. The van der Waals surface area contributed by atoms with Crippen LogP contribution in [0.3, 0.4) is 0 Å². The first-order chi connectivity index (χ1) is 7.19. The van der Waals surface area contributed by atoms with E-state index in [2.05, 4.69) is 11.2 Å². The van der Waals surface area contributed by atoms with Gasteiger partial charge in [-0.1, -0.05) is 5.92 Å². The molecule has 0 unspecified atom stereocenters. The minimum Gasteiger partial charge on any atom is -0.495 e. The Bertz CT molecular complexity index is 407. The SMILES string of the molecule is C#CCNc1ccc(C(=O)O)cc1OC. The summed E-state index contributed by atoms with van der Waals surface area (Å²) < 4.78 is 5.04. The zero-order chi connectivity index (χ0) is 11.3. The summed E-state index contributed by atoms with van der Waals surface area (Å²) in [4.78, 5) is 10.7. The summed E-state index contributed by atoms with van der Waals surface area (Å²) in [6, 6.07) is 4.56. The largest absolute Gasteiger partial charge is 0.495 e. The highest BCUT2D eigenvalue weighted by atomic mass is 16.5. The summed E-state index contributed by atoms with van der Waals surface area (Å²) in [5.74, 6) is 1.90. The number of methoxy groups -OCH3 is 1. The first-order valence-electron chi connectivity index (χ1n) is 4.27. The number of hydrogen-bond acceptors (Lipinski definition) is 3. The maximum Gasteiger partial charge on any atom is 0.335 e. The molecule has 0 aliphatic carbocycles. The Morgan fingerprint density at radius 2 is 2.40 bits per heavy atom. The third-order valence-electron chi connectivity index (χ3n) is 1.83. The standard InChI is InChI=1S/C11H11NO3/c1-3-6-12-9-5-4-8(11(13)14)7-10(9)15-2/h1,4-5,7,12H,6H2,2H3,(H,13,14). The van der Waals surface area contributed by atoms with Crippen molar-refractivity contribution < 1.29 is 14.6 Å². The minimum atomic E-state index is -0.989. The van der Waals surface area contributed by atoms with Gasteiger partial charge in [0.05, 0.1) is 24.9 Å². The van der Waals surface area contributed by atoms with Crippen LogP contribution in [0, 0.1) is 12.3 Å². The van der Waals surface area contributed by atoms with Crippen LogP contribution in [0.5, 0.6) is 5.75 Å². The predicted octanol–water partition coefficient (Wildman–Crippen LogP) is 1.44. The molecule has 1 aromatic carbocycles. The van der Waals surface area contributed by atoms with Crippen molar-refractivity contribution in [2.45, 2.75) is 0 Å². The third-order valence-corrected chi connectivity index (χ3v) is 1.83. The number of anilines is 1. The average Bonchev–Trinajstić information content (AvgIpc) is 2.25. The van der Waals surface area contributed by atoms with Crippen LogP contribution in [0.4, 0.5) is 5.69 Å². The van der Waals surface area contributed by atoms with Gasteiger partial charge in [0.2, 0.25) is 0 Å². The van der Waals surface area contributed by atoms with Crippen LogP contribution in [0.25, 0.3) is 0 Å². The number of nitrogens with one attached hydrogen (secondary N) is 1. The number of carbonyl (C=O) groups is 1. The topological polar surface area (TPSA) is 58.6 Å². The van der Waals surface area contributed by atoms with Crippen molar-refractivity contribution in [1.29, 1.82) is 0 Å². The van der Waals surface area contributed by atoms with Gasteiger partial charge < -0.3 is 15.2 Å². The highest BCUT2D eigenvalue weighted by Gasteiger charge is 2.07. The molecule has 1 aromatic rings. The van der Waals surface area contributed by atoms with Crippen LogP contribution in [0.2, 0.25) is 0 Å². The molecule has 0 saturated carbocycles. The van der Waals surface area contributed by atoms with Crippen molar-refractivity contribution in [2.24, 2.45) is 0 Å². The molecule has 1 rings (SSSR count). The van der Waals surface area contributed by atoms with Gasteiger partial charge in [0, 0.05) is 0 Å². The second-order valence-electron chi connectivity index (χ2n) is 2.78. The van der Waals surface area contributed by atoms with Gasteiger partial charge in [-0.2, -0.15) is 0 Å². The summed E-state index contributed by atoms with van der Waals surface area (Å²) in [7, 11) is 1.47. The molecule has 0 spiro atoms. The van der Waals surface area contributed by atoms with Crippen molar-refractivity contribution >= 4 is 11.7 Å². The molecule has 0 aromatic heterocycles. The number of hydrogen-bond donors (Lipinski definition) is 2. The molecule has 0 heterocycles. The fraction of sp³-hybridized carbons (Fsp3) is 0.182. The molecular weight excluding hydrogens is 194 g/mol. The second-order valence-corrected chi connectivity index (χ2v) is 2.78. The molecule has 0 atom stereocenters. The number of carboxylic acid groups (broad SMARTS) is 1. The van der Waals surface area contributed by atoms with Gasteiger partial charge in [-0.3, -0.25) is 0 Å². The van der Waals surface area contributed by atoms with E-state index >= 15 is 0 Å². The van der Waals surface area contributed by atoms with Crippen molar-refractivity contribution in [3.8, 4) is 18.1 Å². The third kappa shape index (κ3) is 2.64. The quantitative estimate of drug-likeness (QED) is 0.730. The van der Waals surface area contributed by atoms with Crippen molar-refractivity contribution in [3.63, 3.8) is 0 Å². The fourth-order valence-electron chi connectivity index (χ4n) is 1.12. The second kappa shape index (κ2) is 4.91. The highest BCUT2D eigenvalue weighted by Crippen LogP contribution is 2.25. The van der Waals surface area contributed by atoms with E-state index in [9.17, 15) is 4.79 Å². The number of carboxylic acids is 1. The Hall–Kier alpha value is -2.15. The van der Waals surface area contributed by atoms with Crippen LogP contribution in [0.15, 0.2) is 18.2 Å². The first-order valence-corrected chi connectivity index (χ1v) is 4.27. The van der Waals surface area contributed by atoms with Gasteiger partial charge in [0.1, 0.15) is 5.75 Å². The maximum atomic E-state index is 10.7. The molecule has 15 heavy (non-hydrogen) atoms. The molecule has 0 aliphatic heterocycles. The Labute approximate surface area is 87.9 Å². The molecule has 2 N–H and O–H groups in total. The maximum absolute atomic E-state index is 10.7. The summed E-state index contributed by atoms with van der Waals surface area (Å²) in [6.07, 6.45) is 5.10. The van der Waals surface area contributed by atoms with Gasteiger partial charge in [0.25, 0.3) is 0 Å². The van der Waals surface area contributed by atoms with E-state index in [-0.39, 0.29) is 5.56 Å². The average molecular weight is 205 g/mol. The Kier molecular flexibility index (Phi) is 3.58. The molecule has 78 valence electrons. The number of terminal acetylenes is 1. The van der Waals surface area contributed by atoms with Crippen LogP contribution >= 0.6 is 0 Å². The van der Waals surface area contributed by atoms with E-state index < -0.39 is 5.97 Å². The van der Waals surface area contributed by atoms with E-state index in [1.165, 1.54) is 19.2 Å². The van der Waals surface area contributed by atoms with Crippen LogP contribution < -0.4 is 10.1 Å². The molecule has 0 aliphatic rings. The molecular formula is C11H11NO3. The van der Waals surface area contributed by atoms with E-state index in [1.807, 2.05) is 0 Å². The normalized spacial score (nSPS) is 9.07. The van der Waals surface area contributed by atoms with Crippen LogP contribution in [-0.2, 0) is 0 Å². The molecule has 4 nitrogen and oxygen atoms in total. The summed E-state index contributed by atoms with van der Waals surface area (Å²) in [5.41, 5.74) is 0.860. The van der Waals surface area contributed by atoms with E-state index in [4.69, 9.17) is 16.3 Å². The Morgan fingerprint density at radius 3 is 2.93 bits per heavy atom. The van der Waals surface area contributed by atoms with Gasteiger partial charge in [-0.05, 0) is 18.2 Å². The summed E-state index contributed by atoms with van der Waals surface area (Å²) in [6.45, 7) is 0.364. The molecule has 4 heteroatoms. The molecule has 0 bridgehead atoms. The fourth-order valence-corrected chi connectivity index (χ4v) is 1.12. The number of aromatic carboxylic acids is 1. The van der Waals surface area contributed by atoms with Crippen molar-refractivity contribution in [2.75, 3.05) is 19.0 Å². The molecule has 0 fully saturated rings. The highest BCUT2D eigenvalue weighted by molar-refractivity contribution is 5.89. The van der Waals surface area contributed by atoms with Crippen molar-refractivity contribution in [1.82, 2.24) is 0 Å². The molecule has 0 saturated heterocycles. The van der Waals surface area contributed by atoms with E-state index in [0.29, 0.717) is 18.0 Å². The van der Waals surface area contributed by atoms with Crippen LogP contribution in [-0.4, -0.2) is 24.7 Å². The lowest BCUT2D eigenvalue weighted by molar-refractivity contribution is 0.0696. The summed E-state index contributed by atoms with van der Waals surface area (Å²) >= 11 is 0. The monoisotopic (exact) mass is 205 g/mol. The van der Waals surface area contributed by atoms with Crippen molar-refractivity contribution in [3.05, 3.63) is 23.8 Å². The van der Waals surface area contributed by atoms with Crippen LogP contribution in [0.1, 0.15) is 10.4 Å². The zero-order valence-corrected chi connectivity index (χ0v) is 8.28. The van der Waals surface area contributed by atoms with Gasteiger partial charge in [0.15, 0.2) is 0 Å². The number of benzene rings is 1. The molecule has 0 amide bonds. The first kappa shape index (κ1) is 10.9. The lowest BCUT2D eigenvalue weighted by Gasteiger charge is -2.09. The van der Waals surface area contributed by atoms with E-state index in [1.54, 1.807) is 6.07 Å².